The fraction of sp³-hybridized carbons (Fsp3) is 0.556. The van der Waals surface area contributed by atoms with Crippen molar-refractivity contribution in [3.63, 3.8) is 0 Å². The fourth-order valence-electron chi connectivity index (χ4n) is 4.36. The molecule has 124 valence electrons. The van der Waals surface area contributed by atoms with Crippen molar-refractivity contribution >= 4 is 18.0 Å². The van der Waals surface area contributed by atoms with Crippen LogP contribution in [0, 0.1) is 17.8 Å². The van der Waals surface area contributed by atoms with Crippen molar-refractivity contribution in [1.29, 1.82) is 0 Å². The van der Waals surface area contributed by atoms with Crippen molar-refractivity contribution < 1.29 is 14.7 Å². The summed E-state index contributed by atoms with van der Waals surface area (Å²) >= 11 is 0. The highest BCUT2D eigenvalue weighted by atomic mass is 16.3. The molecule has 0 radical (unpaired) electrons. The highest BCUT2D eigenvalue weighted by Crippen LogP contribution is 2.42. The van der Waals surface area contributed by atoms with E-state index in [-0.39, 0.29) is 28.9 Å². The van der Waals surface area contributed by atoms with Crippen molar-refractivity contribution in [2.24, 2.45) is 17.8 Å². The fourth-order valence-corrected chi connectivity index (χ4v) is 4.36. The maximum Gasteiger partial charge on any atom is 0.255 e. The molecule has 1 aromatic rings. The summed E-state index contributed by atoms with van der Waals surface area (Å²) in [6.07, 6.45) is 6.36. The van der Waals surface area contributed by atoms with Crippen molar-refractivity contribution in [1.82, 2.24) is 5.32 Å². The zero-order chi connectivity index (χ0) is 16.4. The van der Waals surface area contributed by atoms with Crippen LogP contribution < -0.4 is 10.6 Å². The van der Waals surface area contributed by atoms with Gasteiger partial charge in [0.2, 0.25) is 6.41 Å². The molecule has 2 bridgehead atoms. The van der Waals surface area contributed by atoms with Gasteiger partial charge in [-0.3, -0.25) is 9.59 Å². The van der Waals surface area contributed by atoms with Crippen LogP contribution in [0.4, 0.5) is 5.69 Å². The van der Waals surface area contributed by atoms with Gasteiger partial charge >= 0.3 is 0 Å². The Morgan fingerprint density at radius 2 is 2.09 bits per heavy atom. The van der Waals surface area contributed by atoms with Crippen molar-refractivity contribution in [2.75, 3.05) is 5.32 Å². The van der Waals surface area contributed by atoms with Crippen LogP contribution in [-0.2, 0) is 4.79 Å². The van der Waals surface area contributed by atoms with E-state index in [9.17, 15) is 14.7 Å². The van der Waals surface area contributed by atoms with Crippen LogP contribution in [0.15, 0.2) is 18.2 Å². The minimum absolute atomic E-state index is 0.178. The first-order chi connectivity index (χ1) is 11.1. The second-order valence-electron chi connectivity index (χ2n) is 7.06. The van der Waals surface area contributed by atoms with Gasteiger partial charge in [0.25, 0.3) is 5.91 Å². The number of fused-ring (bicyclic) bond motifs is 2. The lowest BCUT2D eigenvalue weighted by atomic mass is 9.66. The predicted molar refractivity (Wildman–Crippen MR) is 88.3 cm³/mol. The van der Waals surface area contributed by atoms with Gasteiger partial charge in [-0.1, -0.05) is 13.0 Å². The van der Waals surface area contributed by atoms with E-state index in [1.54, 1.807) is 18.2 Å². The number of hydrogen-bond acceptors (Lipinski definition) is 3. The molecule has 4 unspecified atom stereocenters. The van der Waals surface area contributed by atoms with E-state index >= 15 is 0 Å². The maximum atomic E-state index is 12.5. The number of phenolic OH excluding ortho intramolecular Hbond substituents is 1. The molecule has 0 heterocycles. The number of carbonyl (C=O) groups is 2. The third-order valence-electron chi connectivity index (χ3n) is 5.34. The van der Waals surface area contributed by atoms with Gasteiger partial charge in [0.1, 0.15) is 0 Å². The third kappa shape index (κ3) is 3.33. The molecule has 0 saturated heterocycles. The molecule has 2 fully saturated rings. The SMILES string of the molecule is CC1CC2CCC(NC(=O)c3cccc(NC=O)c3O)C(C1)C2. The lowest BCUT2D eigenvalue weighted by Crippen LogP contribution is -2.46. The van der Waals surface area contributed by atoms with Gasteiger partial charge in [-0.15, -0.1) is 0 Å². The zero-order valence-electron chi connectivity index (χ0n) is 13.4. The molecule has 2 aliphatic rings. The summed E-state index contributed by atoms with van der Waals surface area (Å²) in [7, 11) is 0. The first kappa shape index (κ1) is 15.8. The highest BCUT2D eigenvalue weighted by Gasteiger charge is 2.37. The average molecular weight is 316 g/mol. The van der Waals surface area contributed by atoms with Crippen LogP contribution in [0.2, 0.25) is 0 Å². The summed E-state index contributed by atoms with van der Waals surface area (Å²) < 4.78 is 0. The summed E-state index contributed by atoms with van der Waals surface area (Å²) in [5.41, 5.74) is 0.463. The van der Waals surface area contributed by atoms with Crippen molar-refractivity contribution in [2.45, 2.75) is 45.1 Å². The van der Waals surface area contributed by atoms with E-state index in [4.69, 9.17) is 0 Å². The van der Waals surface area contributed by atoms with Gasteiger partial charge in [0, 0.05) is 6.04 Å². The molecule has 5 nitrogen and oxygen atoms in total. The molecule has 2 aliphatic carbocycles. The molecule has 1 aromatic carbocycles. The van der Waals surface area contributed by atoms with Crippen LogP contribution in [0.25, 0.3) is 0 Å². The topological polar surface area (TPSA) is 78.4 Å². The number of benzene rings is 1. The van der Waals surface area contributed by atoms with Crippen LogP contribution >= 0.6 is 0 Å². The molecule has 4 atom stereocenters. The van der Waals surface area contributed by atoms with Gasteiger partial charge in [-0.2, -0.15) is 0 Å². The molecular weight excluding hydrogens is 292 g/mol. The second-order valence-corrected chi connectivity index (χ2v) is 7.06. The Morgan fingerprint density at radius 1 is 1.26 bits per heavy atom. The van der Waals surface area contributed by atoms with Crippen LogP contribution in [0.3, 0.4) is 0 Å². The molecule has 2 saturated carbocycles. The molecule has 0 aromatic heterocycles. The van der Waals surface area contributed by atoms with E-state index in [1.807, 2.05) is 0 Å². The maximum absolute atomic E-state index is 12.5. The number of hydrogen-bond donors (Lipinski definition) is 3. The van der Waals surface area contributed by atoms with Crippen LogP contribution in [0.1, 0.15) is 49.4 Å². The molecule has 2 amide bonds. The van der Waals surface area contributed by atoms with E-state index < -0.39 is 0 Å². The Kier molecular flexibility index (Phi) is 4.55. The number of amides is 2. The quantitative estimate of drug-likeness (QED) is 0.590. The highest BCUT2D eigenvalue weighted by molar-refractivity contribution is 5.99. The van der Waals surface area contributed by atoms with Gasteiger partial charge in [-0.05, 0) is 62.0 Å². The number of anilines is 1. The summed E-state index contributed by atoms with van der Waals surface area (Å²) in [6.45, 7) is 2.30. The summed E-state index contributed by atoms with van der Waals surface area (Å²) in [5.74, 6) is 1.64. The molecule has 5 heteroatoms. The number of para-hydroxylation sites is 1. The van der Waals surface area contributed by atoms with E-state index in [0.29, 0.717) is 12.3 Å². The lowest BCUT2D eigenvalue weighted by Gasteiger charge is -2.43. The van der Waals surface area contributed by atoms with E-state index in [2.05, 4.69) is 17.6 Å². The van der Waals surface area contributed by atoms with Crippen LogP contribution in [0.5, 0.6) is 5.75 Å². The Balaban J connectivity index is 1.72. The normalized spacial score (nSPS) is 29.6. The number of rotatable bonds is 4. The van der Waals surface area contributed by atoms with Crippen LogP contribution in [-0.4, -0.2) is 23.5 Å². The van der Waals surface area contributed by atoms with Gasteiger partial charge in [0.15, 0.2) is 5.75 Å². The Hall–Kier alpha value is -2.04. The zero-order valence-corrected chi connectivity index (χ0v) is 13.4. The van der Waals surface area contributed by atoms with Crippen molar-refractivity contribution in [3.8, 4) is 5.75 Å². The molecular formula is C18H24N2O3. The summed E-state index contributed by atoms with van der Waals surface area (Å²) in [4.78, 5) is 23.1. The van der Waals surface area contributed by atoms with Crippen molar-refractivity contribution in [3.05, 3.63) is 23.8 Å². The summed E-state index contributed by atoms with van der Waals surface area (Å²) in [6, 6.07) is 4.98. The largest absolute Gasteiger partial charge is 0.505 e. The lowest BCUT2D eigenvalue weighted by molar-refractivity contribution is -0.105. The summed E-state index contributed by atoms with van der Waals surface area (Å²) in [5, 5.41) is 15.7. The third-order valence-corrected chi connectivity index (χ3v) is 5.34. The minimum atomic E-state index is -0.265. The number of aromatic hydroxyl groups is 1. The minimum Gasteiger partial charge on any atom is -0.505 e. The molecule has 0 spiro atoms. The Morgan fingerprint density at radius 3 is 2.87 bits per heavy atom. The molecule has 3 rings (SSSR count). The predicted octanol–water partition coefficient (Wildman–Crippen LogP) is 2.91. The number of phenols is 1. The van der Waals surface area contributed by atoms with E-state index in [0.717, 1.165) is 18.3 Å². The number of nitrogens with one attached hydrogen (secondary N) is 2. The Labute approximate surface area is 136 Å². The first-order valence-corrected chi connectivity index (χ1v) is 8.41. The molecule has 0 aliphatic heterocycles. The van der Waals surface area contributed by atoms with Gasteiger partial charge in [0.05, 0.1) is 11.3 Å². The molecule has 23 heavy (non-hydrogen) atoms. The smallest absolute Gasteiger partial charge is 0.255 e. The van der Waals surface area contributed by atoms with E-state index in [1.165, 1.54) is 25.7 Å². The average Bonchev–Trinajstić information content (AvgIpc) is 2.52. The monoisotopic (exact) mass is 316 g/mol. The van der Waals surface area contributed by atoms with Gasteiger partial charge in [-0.25, -0.2) is 0 Å². The standard InChI is InChI=1S/C18H24N2O3/c1-11-7-12-5-6-15(13(8-11)9-12)20-18(23)14-3-2-4-16(17(14)22)19-10-21/h2-4,10-13,15,22H,5-9H2,1H3,(H,19,21)(H,20,23). The Bertz CT molecular complexity index is 600. The van der Waals surface area contributed by atoms with Gasteiger partial charge < -0.3 is 15.7 Å². The first-order valence-electron chi connectivity index (χ1n) is 8.41. The number of carbonyl (C=O) groups excluding carboxylic acids is 2. The second kappa shape index (κ2) is 6.60. The molecule has 3 N–H and O–H groups in total.